The summed E-state index contributed by atoms with van der Waals surface area (Å²) in [6.45, 7) is 12.3. The number of cyclic esters (lactones) is 1. The molecule has 0 radical (unpaired) electrons. The Bertz CT molecular complexity index is 761. The van der Waals surface area contributed by atoms with Crippen molar-refractivity contribution in [2.75, 3.05) is 26.9 Å². The van der Waals surface area contributed by atoms with E-state index in [1.165, 1.54) is 0 Å². The van der Waals surface area contributed by atoms with Gasteiger partial charge in [-0.25, -0.2) is 4.79 Å². The molecule has 1 aromatic carbocycles. The van der Waals surface area contributed by atoms with Crippen LogP contribution in [0.25, 0.3) is 0 Å². The Labute approximate surface area is 194 Å². The minimum Gasteiger partial charge on any atom is -0.443 e. The van der Waals surface area contributed by atoms with Gasteiger partial charge in [0, 0.05) is 19.6 Å². The third kappa shape index (κ3) is 4.76. The van der Waals surface area contributed by atoms with Gasteiger partial charge in [0.15, 0.2) is 8.32 Å². The van der Waals surface area contributed by atoms with Gasteiger partial charge in [-0.2, -0.15) is 0 Å². The number of methoxy groups -OCH3 is 1. The normalized spacial score (nSPS) is 25.5. The Kier molecular flexibility index (Phi) is 7.75. The van der Waals surface area contributed by atoms with Crippen LogP contribution in [0.5, 0.6) is 0 Å². The largest absolute Gasteiger partial charge is 0.443 e. The van der Waals surface area contributed by atoms with Crippen molar-refractivity contribution in [3.05, 3.63) is 35.9 Å². The number of carbonyl (C=O) groups is 1. The lowest BCUT2D eigenvalue weighted by atomic mass is 9.65. The molecular weight excluding hydrogens is 422 g/mol. The van der Waals surface area contributed by atoms with Crippen molar-refractivity contribution in [1.82, 2.24) is 4.90 Å². The number of amides is 1. The highest BCUT2D eigenvalue weighted by Crippen LogP contribution is 2.50. The van der Waals surface area contributed by atoms with E-state index >= 15 is 0 Å². The minimum atomic E-state index is -2.08. The fraction of sp³-hybridized carbons (Fsp3) is 0.720. The number of rotatable bonds is 10. The van der Waals surface area contributed by atoms with E-state index in [0.717, 1.165) is 24.8 Å². The molecule has 1 heterocycles. The second kappa shape index (κ2) is 9.83. The van der Waals surface area contributed by atoms with Crippen LogP contribution >= 0.6 is 0 Å². The minimum absolute atomic E-state index is 0.0555. The molecule has 2 fully saturated rings. The number of nitrogens with zero attached hydrogens (tertiary/aromatic N) is 1. The van der Waals surface area contributed by atoms with E-state index in [2.05, 4.69) is 33.9 Å². The molecule has 1 amide bonds. The molecule has 0 spiro atoms. The SMILES string of the molecule is COC[C@H](CO)[C@H]1OC(=O)N(Cc2ccccc2)[C@]1(CO[Si](C)(C)C(C)(C)C)C1CCC1. The molecule has 1 aliphatic carbocycles. The first-order valence-corrected chi connectivity index (χ1v) is 14.7. The molecule has 3 rings (SSSR count). The number of carbonyl (C=O) groups excluding carboxylic acids is 1. The van der Waals surface area contributed by atoms with Crippen LogP contribution in [0.4, 0.5) is 4.79 Å². The van der Waals surface area contributed by atoms with Gasteiger partial charge < -0.3 is 19.0 Å². The number of aliphatic hydroxyl groups excluding tert-OH is 1. The fourth-order valence-electron chi connectivity index (χ4n) is 4.68. The van der Waals surface area contributed by atoms with Crippen LogP contribution in [0.1, 0.15) is 45.6 Å². The average Bonchev–Trinajstić information content (AvgIpc) is 2.96. The number of hydrogen-bond donors (Lipinski definition) is 1. The number of ether oxygens (including phenoxy) is 2. The van der Waals surface area contributed by atoms with Gasteiger partial charge in [0.1, 0.15) is 11.6 Å². The average molecular weight is 464 g/mol. The van der Waals surface area contributed by atoms with Crippen LogP contribution in [0.2, 0.25) is 18.1 Å². The van der Waals surface area contributed by atoms with Crippen LogP contribution in [-0.4, -0.2) is 63.0 Å². The Morgan fingerprint density at radius 3 is 2.41 bits per heavy atom. The van der Waals surface area contributed by atoms with E-state index in [-0.39, 0.29) is 29.6 Å². The number of benzene rings is 1. The van der Waals surface area contributed by atoms with Gasteiger partial charge in [0.25, 0.3) is 0 Å². The Balaban J connectivity index is 2.04. The second-order valence-electron chi connectivity index (χ2n) is 10.9. The summed E-state index contributed by atoms with van der Waals surface area (Å²) in [5.41, 5.74) is 0.445. The van der Waals surface area contributed by atoms with Gasteiger partial charge in [0.05, 0.1) is 19.8 Å². The zero-order valence-corrected chi connectivity index (χ0v) is 21.6. The first kappa shape index (κ1) is 25.2. The van der Waals surface area contributed by atoms with Crippen LogP contribution in [0.15, 0.2) is 30.3 Å². The van der Waals surface area contributed by atoms with Gasteiger partial charge in [-0.3, -0.25) is 4.90 Å². The van der Waals surface area contributed by atoms with E-state index in [1.54, 1.807) is 7.11 Å². The molecule has 0 aromatic heterocycles. The molecule has 32 heavy (non-hydrogen) atoms. The predicted octanol–water partition coefficient (Wildman–Crippen LogP) is 4.82. The summed E-state index contributed by atoms with van der Waals surface area (Å²) in [5.74, 6) is -0.0216. The summed E-state index contributed by atoms with van der Waals surface area (Å²) in [6.07, 6.45) is 2.41. The maximum atomic E-state index is 13.3. The van der Waals surface area contributed by atoms with Crippen molar-refractivity contribution in [1.29, 1.82) is 0 Å². The summed E-state index contributed by atoms with van der Waals surface area (Å²) in [5, 5.41) is 10.3. The van der Waals surface area contributed by atoms with Crippen molar-refractivity contribution in [2.45, 2.75) is 76.4 Å². The summed E-state index contributed by atoms with van der Waals surface area (Å²) in [4.78, 5) is 15.2. The maximum absolute atomic E-state index is 13.3. The molecule has 7 heteroatoms. The van der Waals surface area contributed by atoms with Crippen LogP contribution in [0, 0.1) is 11.8 Å². The zero-order valence-electron chi connectivity index (χ0n) is 20.6. The van der Waals surface area contributed by atoms with Crippen molar-refractivity contribution in [2.24, 2.45) is 11.8 Å². The highest BCUT2D eigenvalue weighted by Gasteiger charge is 2.62. The smallest absolute Gasteiger partial charge is 0.411 e. The third-order valence-corrected chi connectivity index (χ3v) is 12.4. The molecule has 180 valence electrons. The van der Waals surface area contributed by atoms with Gasteiger partial charge in [0.2, 0.25) is 0 Å². The van der Waals surface area contributed by atoms with Crippen molar-refractivity contribution >= 4 is 14.4 Å². The molecular formula is C25H41NO5Si. The van der Waals surface area contributed by atoms with Gasteiger partial charge >= 0.3 is 6.09 Å². The first-order chi connectivity index (χ1) is 15.1. The summed E-state index contributed by atoms with van der Waals surface area (Å²) >= 11 is 0. The van der Waals surface area contributed by atoms with Crippen molar-refractivity contribution in [3.63, 3.8) is 0 Å². The highest BCUT2D eigenvalue weighted by atomic mass is 28.4. The predicted molar refractivity (Wildman–Crippen MR) is 128 cm³/mol. The van der Waals surface area contributed by atoms with E-state index in [4.69, 9.17) is 13.9 Å². The van der Waals surface area contributed by atoms with Gasteiger partial charge in [-0.05, 0) is 42.5 Å². The molecule has 1 saturated heterocycles. The zero-order chi connectivity index (χ0) is 23.6. The molecule has 1 N–H and O–H groups in total. The Morgan fingerprint density at radius 1 is 1.25 bits per heavy atom. The first-order valence-electron chi connectivity index (χ1n) is 11.8. The van der Waals surface area contributed by atoms with Gasteiger partial charge in [-0.15, -0.1) is 0 Å². The summed E-state index contributed by atoms with van der Waals surface area (Å²) in [6, 6.07) is 10.0. The number of aliphatic hydroxyl groups is 1. The van der Waals surface area contributed by atoms with E-state index in [9.17, 15) is 9.90 Å². The molecule has 1 saturated carbocycles. The third-order valence-electron chi connectivity index (χ3n) is 7.95. The Morgan fingerprint density at radius 2 is 1.91 bits per heavy atom. The molecule has 1 aliphatic heterocycles. The fourth-order valence-corrected chi connectivity index (χ4v) is 5.71. The molecule has 3 atom stereocenters. The molecule has 0 unspecified atom stereocenters. The highest BCUT2D eigenvalue weighted by molar-refractivity contribution is 6.74. The van der Waals surface area contributed by atoms with Crippen LogP contribution < -0.4 is 0 Å². The molecule has 6 nitrogen and oxygen atoms in total. The quantitative estimate of drug-likeness (QED) is 0.504. The van der Waals surface area contributed by atoms with Crippen molar-refractivity contribution < 1.29 is 23.8 Å². The van der Waals surface area contributed by atoms with E-state index in [1.807, 2.05) is 35.2 Å². The maximum Gasteiger partial charge on any atom is 0.411 e. The van der Waals surface area contributed by atoms with Gasteiger partial charge in [-0.1, -0.05) is 57.5 Å². The summed E-state index contributed by atoms with van der Waals surface area (Å²) in [7, 11) is -0.455. The lowest BCUT2D eigenvalue weighted by molar-refractivity contribution is -0.0758. The number of hydrogen-bond acceptors (Lipinski definition) is 5. The topological polar surface area (TPSA) is 68.2 Å². The summed E-state index contributed by atoms with van der Waals surface area (Å²) < 4.78 is 18.3. The van der Waals surface area contributed by atoms with Crippen molar-refractivity contribution in [3.8, 4) is 0 Å². The van der Waals surface area contributed by atoms with E-state index < -0.39 is 20.0 Å². The lowest BCUT2D eigenvalue weighted by Gasteiger charge is -2.51. The van der Waals surface area contributed by atoms with Crippen LogP contribution in [0.3, 0.4) is 0 Å². The van der Waals surface area contributed by atoms with Crippen LogP contribution in [-0.2, 0) is 20.4 Å². The molecule has 1 aromatic rings. The molecule has 2 aliphatic rings. The Hall–Kier alpha value is -1.41. The molecule has 0 bridgehead atoms. The van der Waals surface area contributed by atoms with E-state index in [0.29, 0.717) is 19.8 Å². The monoisotopic (exact) mass is 463 g/mol. The second-order valence-corrected chi connectivity index (χ2v) is 15.8. The standard InChI is InChI=1S/C25H41NO5Si/c1-24(2,3)32(5,6)30-18-25(21-13-10-14-21)22(20(16-27)17-29-4)31-23(28)26(25)15-19-11-8-7-9-12-19/h7-9,11-12,20-22,27H,10,13-18H2,1-6H3/t20-,22+,25+/m0/s1. The lowest BCUT2D eigenvalue weighted by Crippen LogP contribution is -2.64.